The number of aliphatic imine (C=N–C) groups is 1. The molecule has 1 aromatic carbocycles. The molecule has 6 nitrogen and oxygen atoms in total. The van der Waals surface area contributed by atoms with Crippen molar-refractivity contribution in [2.24, 2.45) is 10.7 Å². The van der Waals surface area contributed by atoms with Crippen LogP contribution < -0.4 is 5.73 Å². The zero-order valence-electron chi connectivity index (χ0n) is 10.8. The zero-order valence-corrected chi connectivity index (χ0v) is 11.5. The number of rotatable bonds is 4. The highest BCUT2D eigenvalue weighted by Crippen LogP contribution is 2.24. The number of nitrogens with two attached hydrogens (primary N) is 1. The lowest BCUT2D eigenvalue weighted by molar-refractivity contribution is 0.0602. The predicted octanol–water partition coefficient (Wildman–Crippen LogP) is 1.89. The summed E-state index contributed by atoms with van der Waals surface area (Å²) in [4.78, 5) is 19.8. The van der Waals surface area contributed by atoms with Crippen molar-refractivity contribution in [3.8, 4) is 5.69 Å². The van der Waals surface area contributed by atoms with Crippen molar-refractivity contribution in [1.29, 1.82) is 0 Å². The number of ether oxygens (including phenoxy) is 1. The van der Waals surface area contributed by atoms with Crippen LogP contribution in [-0.4, -0.2) is 34.3 Å². The molecule has 0 saturated heterocycles. The minimum Gasteiger partial charge on any atom is -0.465 e. The molecule has 0 bridgehead atoms. The van der Waals surface area contributed by atoms with Crippen LogP contribution >= 0.6 is 11.6 Å². The lowest BCUT2D eigenvalue weighted by Gasteiger charge is -2.08. The number of imidazole rings is 1. The molecule has 2 rings (SSSR count). The highest BCUT2D eigenvalue weighted by Gasteiger charge is 2.13. The van der Waals surface area contributed by atoms with Crippen LogP contribution in [0.25, 0.3) is 5.69 Å². The van der Waals surface area contributed by atoms with Gasteiger partial charge in [0.2, 0.25) is 0 Å². The summed E-state index contributed by atoms with van der Waals surface area (Å²) < 4.78 is 6.51. The summed E-state index contributed by atoms with van der Waals surface area (Å²) in [6.45, 7) is 0. The Bertz CT molecular complexity index is 638. The predicted molar refractivity (Wildman–Crippen MR) is 76.9 cm³/mol. The molecule has 0 unspecified atom stereocenters. The summed E-state index contributed by atoms with van der Waals surface area (Å²) in [5, 5.41) is 0. The van der Waals surface area contributed by atoms with Crippen molar-refractivity contribution in [3.63, 3.8) is 0 Å². The third kappa shape index (κ3) is 2.97. The SMILES string of the molecule is COC(=O)c1ccc(-n2ccnc2)cc1N=C(N)CCl. The van der Waals surface area contributed by atoms with E-state index in [4.69, 9.17) is 22.1 Å². The normalized spacial score (nSPS) is 11.4. The van der Waals surface area contributed by atoms with Crippen LogP contribution in [0.2, 0.25) is 0 Å². The fraction of sp³-hybridized carbons (Fsp3) is 0.154. The Morgan fingerprint density at radius 1 is 1.55 bits per heavy atom. The number of carbonyl (C=O) groups is 1. The van der Waals surface area contributed by atoms with Gasteiger partial charge in [0.15, 0.2) is 0 Å². The average molecular weight is 293 g/mol. The third-order valence-electron chi connectivity index (χ3n) is 2.59. The molecule has 0 aliphatic carbocycles. The molecule has 1 aromatic heterocycles. The van der Waals surface area contributed by atoms with Gasteiger partial charge in [-0.05, 0) is 18.2 Å². The number of benzene rings is 1. The van der Waals surface area contributed by atoms with E-state index in [2.05, 4.69) is 9.98 Å². The van der Waals surface area contributed by atoms with Gasteiger partial charge in [0.05, 0.1) is 30.6 Å². The Morgan fingerprint density at radius 2 is 2.35 bits per heavy atom. The summed E-state index contributed by atoms with van der Waals surface area (Å²) in [6.07, 6.45) is 5.08. The molecule has 2 N–H and O–H groups in total. The highest BCUT2D eigenvalue weighted by molar-refractivity contribution is 6.28. The van der Waals surface area contributed by atoms with Crippen LogP contribution in [0.5, 0.6) is 0 Å². The first-order chi connectivity index (χ1) is 9.65. The van der Waals surface area contributed by atoms with Crippen LogP contribution in [0.1, 0.15) is 10.4 Å². The quantitative estimate of drug-likeness (QED) is 0.404. The maximum absolute atomic E-state index is 11.7. The second-order valence-electron chi connectivity index (χ2n) is 3.90. The van der Waals surface area contributed by atoms with Gasteiger partial charge < -0.3 is 15.0 Å². The van der Waals surface area contributed by atoms with E-state index in [1.165, 1.54) is 7.11 Å². The van der Waals surface area contributed by atoms with E-state index in [0.717, 1.165) is 5.69 Å². The van der Waals surface area contributed by atoms with E-state index in [1.807, 2.05) is 0 Å². The Morgan fingerprint density at radius 3 is 2.95 bits per heavy atom. The first-order valence-corrected chi connectivity index (χ1v) is 6.29. The first-order valence-electron chi connectivity index (χ1n) is 5.75. The number of nitrogens with zero attached hydrogens (tertiary/aromatic N) is 3. The smallest absolute Gasteiger partial charge is 0.340 e. The number of aromatic nitrogens is 2. The molecular formula is C13H13ClN4O2. The Hall–Kier alpha value is -2.34. The van der Waals surface area contributed by atoms with Gasteiger partial charge in [-0.1, -0.05) is 0 Å². The summed E-state index contributed by atoms with van der Waals surface area (Å²) in [7, 11) is 1.31. The number of methoxy groups -OCH3 is 1. The summed E-state index contributed by atoms with van der Waals surface area (Å²) >= 11 is 5.62. The molecule has 20 heavy (non-hydrogen) atoms. The molecule has 0 amide bonds. The lowest BCUT2D eigenvalue weighted by Crippen LogP contribution is -2.13. The first kappa shape index (κ1) is 14.1. The van der Waals surface area contributed by atoms with E-state index in [0.29, 0.717) is 11.3 Å². The number of esters is 1. The van der Waals surface area contributed by atoms with E-state index < -0.39 is 5.97 Å². The van der Waals surface area contributed by atoms with Crippen LogP contribution in [-0.2, 0) is 4.74 Å². The lowest BCUT2D eigenvalue weighted by atomic mass is 10.1. The van der Waals surface area contributed by atoms with Crippen molar-refractivity contribution < 1.29 is 9.53 Å². The van der Waals surface area contributed by atoms with E-state index in [9.17, 15) is 4.79 Å². The zero-order chi connectivity index (χ0) is 14.5. The maximum atomic E-state index is 11.7. The number of halogens is 1. The van der Waals surface area contributed by atoms with Gasteiger partial charge in [0, 0.05) is 18.1 Å². The number of amidine groups is 1. The summed E-state index contributed by atoms with van der Waals surface area (Å²) in [5.74, 6) is -0.182. The molecule has 0 atom stereocenters. The number of hydrogen-bond acceptors (Lipinski definition) is 4. The largest absolute Gasteiger partial charge is 0.465 e. The molecular weight excluding hydrogens is 280 g/mol. The van der Waals surface area contributed by atoms with Crippen LogP contribution in [0.3, 0.4) is 0 Å². The third-order valence-corrected chi connectivity index (χ3v) is 2.86. The second-order valence-corrected chi connectivity index (χ2v) is 4.17. The van der Waals surface area contributed by atoms with Crippen molar-refractivity contribution in [2.45, 2.75) is 0 Å². The van der Waals surface area contributed by atoms with Gasteiger partial charge >= 0.3 is 5.97 Å². The van der Waals surface area contributed by atoms with Gasteiger partial charge in [0.1, 0.15) is 5.84 Å². The van der Waals surface area contributed by atoms with E-state index >= 15 is 0 Å². The second kappa shape index (κ2) is 6.21. The molecule has 2 aromatic rings. The van der Waals surface area contributed by atoms with Crippen molar-refractivity contribution >= 4 is 29.1 Å². The summed E-state index contributed by atoms with van der Waals surface area (Å²) in [6, 6.07) is 5.11. The number of carbonyl (C=O) groups excluding carboxylic acids is 1. The van der Waals surface area contributed by atoms with Crippen LogP contribution in [0.15, 0.2) is 41.9 Å². The van der Waals surface area contributed by atoms with Crippen molar-refractivity contribution in [2.75, 3.05) is 13.0 Å². The van der Waals surface area contributed by atoms with Gasteiger partial charge in [-0.25, -0.2) is 14.8 Å². The molecule has 0 spiro atoms. The molecule has 0 saturated carbocycles. The summed E-state index contributed by atoms with van der Waals surface area (Å²) in [5.41, 5.74) is 7.16. The number of hydrogen-bond donors (Lipinski definition) is 1. The van der Waals surface area contributed by atoms with Gasteiger partial charge in [-0.3, -0.25) is 0 Å². The Labute approximate surface area is 120 Å². The van der Waals surface area contributed by atoms with E-state index in [-0.39, 0.29) is 11.7 Å². The molecule has 7 heteroatoms. The monoisotopic (exact) mass is 292 g/mol. The van der Waals surface area contributed by atoms with Gasteiger partial charge in [-0.15, -0.1) is 11.6 Å². The molecule has 104 valence electrons. The van der Waals surface area contributed by atoms with Crippen LogP contribution in [0.4, 0.5) is 5.69 Å². The van der Waals surface area contributed by atoms with Crippen LogP contribution in [0, 0.1) is 0 Å². The highest BCUT2D eigenvalue weighted by atomic mass is 35.5. The Balaban J connectivity index is 2.52. The molecule has 0 aliphatic heterocycles. The molecule has 1 heterocycles. The Kier molecular flexibility index (Phi) is 4.37. The van der Waals surface area contributed by atoms with Gasteiger partial charge in [-0.2, -0.15) is 0 Å². The number of alkyl halides is 1. The van der Waals surface area contributed by atoms with Gasteiger partial charge in [0.25, 0.3) is 0 Å². The van der Waals surface area contributed by atoms with E-state index in [1.54, 1.807) is 41.5 Å². The van der Waals surface area contributed by atoms with Crippen molar-refractivity contribution in [3.05, 3.63) is 42.5 Å². The fourth-order valence-corrected chi connectivity index (χ4v) is 1.71. The topological polar surface area (TPSA) is 82.5 Å². The average Bonchev–Trinajstić information content (AvgIpc) is 3.00. The fourth-order valence-electron chi connectivity index (χ4n) is 1.65. The standard InChI is InChI=1S/C13H13ClN4O2/c1-20-13(19)10-3-2-9(18-5-4-16-8-18)6-11(10)17-12(15)7-14/h2-6,8H,7H2,1H3,(H2,15,17). The minimum atomic E-state index is -0.483. The molecule has 0 radical (unpaired) electrons. The molecule has 0 fully saturated rings. The maximum Gasteiger partial charge on any atom is 0.340 e. The molecule has 0 aliphatic rings. The van der Waals surface area contributed by atoms with Crippen molar-refractivity contribution in [1.82, 2.24) is 9.55 Å². The minimum absolute atomic E-state index is 0.0793.